The number of halogens is 2. The highest BCUT2D eigenvalue weighted by atomic mass is 19.1. The fourth-order valence-corrected chi connectivity index (χ4v) is 4.18. The number of nitrogens with zero attached hydrogens (tertiary/aromatic N) is 2. The number of carbonyl (C=O) groups is 1. The Morgan fingerprint density at radius 3 is 2.51 bits per heavy atom. The Balaban J connectivity index is 1.35. The van der Waals surface area contributed by atoms with Crippen molar-refractivity contribution in [3.8, 4) is 0 Å². The zero-order valence-corrected chi connectivity index (χ0v) is 18.8. The van der Waals surface area contributed by atoms with Crippen molar-refractivity contribution in [3.05, 3.63) is 114 Å². The van der Waals surface area contributed by atoms with Gasteiger partial charge in [0.25, 0.3) is 0 Å². The molecule has 1 N–H and O–H groups in total. The van der Waals surface area contributed by atoms with Crippen LogP contribution in [-0.4, -0.2) is 29.3 Å². The molecule has 5 rings (SSSR count). The van der Waals surface area contributed by atoms with Crippen molar-refractivity contribution in [1.82, 2.24) is 4.90 Å². The Morgan fingerprint density at radius 1 is 0.943 bits per heavy atom. The molecule has 5 nitrogen and oxygen atoms in total. The number of urea groups is 1. The number of oxime groups is 1. The van der Waals surface area contributed by atoms with Gasteiger partial charge in [0.15, 0.2) is 6.10 Å². The van der Waals surface area contributed by atoms with Crippen LogP contribution in [0.2, 0.25) is 0 Å². The molecular weight excluding hydrogens is 448 g/mol. The van der Waals surface area contributed by atoms with Gasteiger partial charge in [-0.2, -0.15) is 0 Å². The van der Waals surface area contributed by atoms with Gasteiger partial charge in [0, 0.05) is 23.9 Å². The van der Waals surface area contributed by atoms with Gasteiger partial charge in [-0.1, -0.05) is 71.9 Å². The van der Waals surface area contributed by atoms with Crippen LogP contribution >= 0.6 is 0 Å². The SMILES string of the molecule is O=C(Nc1cccc2ccccc12)N(Cc1ccc(F)cc1)CC1CC(c2ccccc2F)=NO1. The molecular formula is C28H23F2N3O2. The van der Waals surface area contributed by atoms with Crippen molar-refractivity contribution in [3.63, 3.8) is 0 Å². The number of amides is 2. The lowest BCUT2D eigenvalue weighted by atomic mass is 10.0. The van der Waals surface area contributed by atoms with Gasteiger partial charge in [-0.05, 0) is 35.2 Å². The van der Waals surface area contributed by atoms with Crippen molar-refractivity contribution in [2.24, 2.45) is 5.16 Å². The van der Waals surface area contributed by atoms with Crippen molar-refractivity contribution in [2.45, 2.75) is 19.1 Å². The van der Waals surface area contributed by atoms with Crippen molar-refractivity contribution in [1.29, 1.82) is 0 Å². The largest absolute Gasteiger partial charge is 0.390 e. The third kappa shape index (κ3) is 5.14. The van der Waals surface area contributed by atoms with Crippen molar-refractivity contribution < 1.29 is 18.4 Å². The molecule has 0 saturated carbocycles. The van der Waals surface area contributed by atoms with Gasteiger partial charge in [-0.3, -0.25) is 0 Å². The third-order valence-electron chi connectivity index (χ3n) is 5.95. The fraction of sp³-hybridized carbons (Fsp3) is 0.143. The van der Waals surface area contributed by atoms with Crippen LogP contribution in [-0.2, 0) is 11.4 Å². The summed E-state index contributed by atoms with van der Waals surface area (Å²) in [6.45, 7) is 0.460. The van der Waals surface area contributed by atoms with Gasteiger partial charge >= 0.3 is 6.03 Å². The summed E-state index contributed by atoms with van der Waals surface area (Å²) in [4.78, 5) is 20.6. The van der Waals surface area contributed by atoms with Crippen molar-refractivity contribution >= 4 is 28.2 Å². The number of anilines is 1. The van der Waals surface area contributed by atoms with Crippen molar-refractivity contribution in [2.75, 3.05) is 11.9 Å². The fourth-order valence-electron chi connectivity index (χ4n) is 4.18. The number of nitrogens with one attached hydrogen (secondary N) is 1. The van der Waals surface area contributed by atoms with Gasteiger partial charge < -0.3 is 15.1 Å². The quantitative estimate of drug-likeness (QED) is 0.357. The Bertz CT molecular complexity index is 1380. The first-order chi connectivity index (χ1) is 17.1. The molecule has 0 fully saturated rings. The molecule has 2 amide bonds. The number of hydrogen-bond acceptors (Lipinski definition) is 3. The smallest absolute Gasteiger partial charge is 0.322 e. The van der Waals surface area contributed by atoms with E-state index in [0.717, 1.165) is 16.3 Å². The maximum absolute atomic E-state index is 14.2. The minimum atomic E-state index is -0.441. The van der Waals surface area contributed by atoms with Crippen LogP contribution in [0.15, 0.2) is 96.2 Å². The number of benzene rings is 4. The van der Waals surface area contributed by atoms with E-state index >= 15 is 0 Å². The van der Waals surface area contributed by atoms with E-state index in [1.165, 1.54) is 18.2 Å². The molecule has 7 heteroatoms. The predicted molar refractivity (Wildman–Crippen MR) is 132 cm³/mol. The second-order valence-electron chi connectivity index (χ2n) is 8.41. The molecule has 176 valence electrons. The lowest BCUT2D eigenvalue weighted by Gasteiger charge is -2.25. The zero-order valence-electron chi connectivity index (χ0n) is 18.8. The van der Waals surface area contributed by atoms with E-state index in [4.69, 9.17) is 4.84 Å². The number of hydrogen-bond donors (Lipinski definition) is 1. The highest BCUT2D eigenvalue weighted by Crippen LogP contribution is 2.25. The number of carbonyl (C=O) groups excluding carboxylic acids is 1. The summed E-state index contributed by atoms with van der Waals surface area (Å²) in [5.74, 6) is -0.713. The van der Waals surface area contributed by atoms with E-state index < -0.39 is 6.10 Å². The average Bonchev–Trinajstić information content (AvgIpc) is 3.34. The molecule has 0 aromatic heterocycles. The molecule has 1 heterocycles. The lowest BCUT2D eigenvalue weighted by Crippen LogP contribution is -2.40. The Hall–Kier alpha value is -4.26. The summed E-state index contributed by atoms with van der Waals surface area (Å²) in [6, 6.07) is 25.6. The Labute approximate surface area is 201 Å². The first kappa shape index (κ1) is 22.5. The number of rotatable bonds is 6. The standard InChI is InChI=1S/C28H23F2N3O2/c29-21-14-12-19(13-15-21)17-33(18-22-16-27(32-35-22)24-9-3-4-10-25(24)30)28(34)31-26-11-5-7-20-6-1-2-8-23(20)26/h1-15,22H,16-18H2,(H,31,34). The van der Waals surface area contributed by atoms with Gasteiger partial charge in [-0.25, -0.2) is 13.6 Å². The van der Waals surface area contributed by atoms with Crippen LogP contribution in [0.5, 0.6) is 0 Å². The molecule has 1 aliphatic heterocycles. The molecule has 35 heavy (non-hydrogen) atoms. The van der Waals surface area contributed by atoms with Crippen LogP contribution in [0.3, 0.4) is 0 Å². The van der Waals surface area contributed by atoms with E-state index in [0.29, 0.717) is 23.4 Å². The molecule has 0 bridgehead atoms. The summed E-state index contributed by atoms with van der Waals surface area (Å²) in [5.41, 5.74) is 2.35. The lowest BCUT2D eigenvalue weighted by molar-refractivity contribution is 0.0608. The Kier molecular flexibility index (Phi) is 6.39. The molecule has 0 radical (unpaired) electrons. The van der Waals surface area contributed by atoms with Crippen LogP contribution < -0.4 is 5.32 Å². The molecule has 0 saturated heterocycles. The molecule has 4 aromatic carbocycles. The summed E-state index contributed by atoms with van der Waals surface area (Å²) in [5, 5.41) is 9.01. The summed E-state index contributed by atoms with van der Waals surface area (Å²) in [7, 11) is 0. The molecule has 1 aliphatic rings. The van der Waals surface area contributed by atoms with E-state index in [1.54, 1.807) is 35.2 Å². The third-order valence-corrected chi connectivity index (χ3v) is 5.95. The average molecular weight is 472 g/mol. The summed E-state index contributed by atoms with van der Waals surface area (Å²) < 4.78 is 27.6. The van der Waals surface area contributed by atoms with Gasteiger partial charge in [0.05, 0.1) is 17.9 Å². The molecule has 4 aromatic rings. The van der Waals surface area contributed by atoms with Crippen LogP contribution in [0.1, 0.15) is 17.5 Å². The Morgan fingerprint density at radius 2 is 1.69 bits per heavy atom. The van der Waals surface area contributed by atoms with Crippen LogP contribution in [0.4, 0.5) is 19.3 Å². The molecule has 0 aliphatic carbocycles. The summed E-state index contributed by atoms with van der Waals surface area (Å²) >= 11 is 0. The molecule has 1 atom stereocenters. The van der Waals surface area contributed by atoms with Crippen LogP contribution in [0.25, 0.3) is 10.8 Å². The highest BCUT2D eigenvalue weighted by Gasteiger charge is 2.28. The van der Waals surface area contributed by atoms with E-state index in [1.807, 2.05) is 42.5 Å². The van der Waals surface area contributed by atoms with Crippen LogP contribution in [0, 0.1) is 11.6 Å². The first-order valence-electron chi connectivity index (χ1n) is 11.3. The second-order valence-corrected chi connectivity index (χ2v) is 8.41. The number of fused-ring (bicyclic) bond motifs is 1. The molecule has 0 spiro atoms. The van der Waals surface area contributed by atoms with E-state index in [9.17, 15) is 13.6 Å². The maximum atomic E-state index is 14.2. The van der Waals surface area contributed by atoms with Gasteiger partial charge in [-0.15, -0.1) is 0 Å². The zero-order chi connectivity index (χ0) is 24.2. The molecule has 1 unspecified atom stereocenters. The predicted octanol–water partition coefficient (Wildman–Crippen LogP) is 6.35. The maximum Gasteiger partial charge on any atom is 0.322 e. The summed E-state index contributed by atoms with van der Waals surface area (Å²) in [6.07, 6.45) is -0.0779. The van der Waals surface area contributed by atoms with Gasteiger partial charge in [0.1, 0.15) is 11.6 Å². The van der Waals surface area contributed by atoms with E-state index in [-0.39, 0.29) is 30.8 Å². The minimum Gasteiger partial charge on any atom is -0.390 e. The van der Waals surface area contributed by atoms with E-state index in [2.05, 4.69) is 10.5 Å². The topological polar surface area (TPSA) is 53.9 Å². The first-order valence-corrected chi connectivity index (χ1v) is 11.3. The highest BCUT2D eigenvalue weighted by molar-refractivity contribution is 6.02. The minimum absolute atomic E-state index is 0.218. The second kappa shape index (κ2) is 9.93. The monoisotopic (exact) mass is 471 g/mol. The normalized spacial score (nSPS) is 14.9. The van der Waals surface area contributed by atoms with Gasteiger partial charge in [0.2, 0.25) is 0 Å².